The third-order valence-corrected chi connectivity index (χ3v) is 5.33. The van der Waals surface area contributed by atoms with E-state index in [9.17, 15) is 19.5 Å². The molecule has 2 saturated heterocycles. The third kappa shape index (κ3) is 1.90. The number of imide groups is 1. The van der Waals surface area contributed by atoms with Crippen LogP contribution in [0.2, 0.25) is 0 Å². The predicted molar refractivity (Wildman–Crippen MR) is 85.7 cm³/mol. The number of methoxy groups -OCH3 is 1. The number of aliphatic hydroxyl groups is 1. The molecule has 7 heteroatoms. The molecular weight excluding hydrogens is 326 g/mol. The second kappa shape index (κ2) is 5.00. The van der Waals surface area contributed by atoms with Gasteiger partial charge in [0.05, 0.1) is 42.4 Å². The van der Waals surface area contributed by atoms with E-state index in [1.807, 2.05) is 0 Å². The van der Waals surface area contributed by atoms with Crippen molar-refractivity contribution in [1.29, 1.82) is 0 Å². The molecule has 1 aromatic rings. The summed E-state index contributed by atoms with van der Waals surface area (Å²) in [5.74, 6) is -2.84. The summed E-state index contributed by atoms with van der Waals surface area (Å²) in [7, 11) is 1.26. The maximum atomic E-state index is 13.0. The second-order valence-corrected chi connectivity index (χ2v) is 6.74. The zero-order valence-corrected chi connectivity index (χ0v) is 13.8. The molecule has 1 aromatic carbocycles. The number of fused-ring (bicyclic) bond motifs is 5. The van der Waals surface area contributed by atoms with Gasteiger partial charge in [0.1, 0.15) is 5.60 Å². The molecule has 25 heavy (non-hydrogen) atoms. The van der Waals surface area contributed by atoms with Crippen LogP contribution in [0, 0.1) is 11.8 Å². The van der Waals surface area contributed by atoms with Gasteiger partial charge in [0.15, 0.2) is 0 Å². The van der Waals surface area contributed by atoms with Crippen molar-refractivity contribution in [2.45, 2.75) is 18.1 Å². The molecule has 0 spiro atoms. The van der Waals surface area contributed by atoms with E-state index in [2.05, 4.69) is 4.74 Å². The van der Waals surface area contributed by atoms with Gasteiger partial charge in [0.2, 0.25) is 11.8 Å². The summed E-state index contributed by atoms with van der Waals surface area (Å²) in [6.07, 6.45) is 3.41. The molecule has 130 valence electrons. The number of nitrogens with zero attached hydrogens (tertiary/aromatic N) is 1. The summed E-state index contributed by atoms with van der Waals surface area (Å²) >= 11 is 0. The number of esters is 1. The van der Waals surface area contributed by atoms with Gasteiger partial charge in [0, 0.05) is 0 Å². The summed E-state index contributed by atoms with van der Waals surface area (Å²) in [6, 6.07) is 6.18. The first kappa shape index (κ1) is 16.0. The molecule has 0 radical (unpaired) electrons. The Morgan fingerprint density at radius 1 is 1.28 bits per heavy atom. The van der Waals surface area contributed by atoms with Crippen LogP contribution in [0.5, 0.6) is 0 Å². The summed E-state index contributed by atoms with van der Waals surface area (Å²) in [6.45, 7) is 1.36. The Hall–Kier alpha value is -2.51. The molecule has 7 nitrogen and oxygen atoms in total. The number of aliphatic hydroxyl groups excluding tert-OH is 1. The normalized spacial score (nSPS) is 35.4. The molecule has 2 fully saturated rings. The Labute approximate surface area is 143 Å². The third-order valence-electron chi connectivity index (χ3n) is 5.33. The summed E-state index contributed by atoms with van der Waals surface area (Å²) in [5.41, 5.74) is -1.53. The van der Waals surface area contributed by atoms with E-state index < -0.39 is 34.9 Å². The monoisotopic (exact) mass is 343 g/mol. The number of hydrogen-bond acceptors (Lipinski definition) is 6. The molecule has 0 unspecified atom stereocenters. The highest BCUT2D eigenvalue weighted by Gasteiger charge is 2.72. The molecule has 3 heterocycles. The Morgan fingerprint density at radius 2 is 2.00 bits per heavy atom. The molecule has 3 aliphatic rings. The van der Waals surface area contributed by atoms with Crippen molar-refractivity contribution in [1.82, 2.24) is 0 Å². The molecule has 3 aliphatic heterocycles. The predicted octanol–water partition coefficient (Wildman–Crippen LogP) is 0.669. The van der Waals surface area contributed by atoms with Gasteiger partial charge in [-0.05, 0) is 25.1 Å². The standard InChI is InChI=1S/C18H17NO6/c1-17-6-7-18(9-20,25-17)13-12(17)14(21)19(15(13)22)11-5-3-4-10(8-11)16(23)24-2/h3-8,12-13,20H,9H2,1-2H3/t12-,13-,17-,18+/m1/s1. The van der Waals surface area contributed by atoms with E-state index in [1.165, 1.54) is 13.2 Å². The highest BCUT2D eigenvalue weighted by atomic mass is 16.5. The number of amides is 2. The minimum atomic E-state index is -1.17. The van der Waals surface area contributed by atoms with Gasteiger partial charge in [-0.3, -0.25) is 9.59 Å². The van der Waals surface area contributed by atoms with Crippen LogP contribution in [-0.2, 0) is 19.1 Å². The maximum absolute atomic E-state index is 13.0. The summed E-state index contributed by atoms with van der Waals surface area (Å²) in [5, 5.41) is 9.79. The molecule has 0 saturated carbocycles. The van der Waals surface area contributed by atoms with E-state index in [-0.39, 0.29) is 18.1 Å². The van der Waals surface area contributed by atoms with Crippen LogP contribution >= 0.6 is 0 Å². The van der Waals surface area contributed by atoms with Gasteiger partial charge in [-0.15, -0.1) is 0 Å². The van der Waals surface area contributed by atoms with E-state index >= 15 is 0 Å². The quantitative estimate of drug-likeness (QED) is 0.493. The number of carbonyl (C=O) groups excluding carboxylic acids is 3. The number of anilines is 1. The lowest BCUT2D eigenvalue weighted by Gasteiger charge is -2.27. The maximum Gasteiger partial charge on any atom is 0.337 e. The fourth-order valence-electron chi connectivity index (χ4n) is 4.19. The number of hydrogen-bond donors (Lipinski definition) is 1. The topological polar surface area (TPSA) is 93.1 Å². The average molecular weight is 343 g/mol. The molecule has 1 N–H and O–H groups in total. The summed E-state index contributed by atoms with van der Waals surface area (Å²) < 4.78 is 10.5. The Balaban J connectivity index is 1.77. The van der Waals surface area contributed by atoms with Crippen molar-refractivity contribution in [3.8, 4) is 0 Å². The van der Waals surface area contributed by atoms with Crippen molar-refractivity contribution in [3.05, 3.63) is 42.0 Å². The Morgan fingerprint density at radius 3 is 2.68 bits per heavy atom. The molecule has 4 atom stereocenters. The minimum Gasteiger partial charge on any atom is -0.465 e. The van der Waals surface area contributed by atoms with Gasteiger partial charge >= 0.3 is 5.97 Å². The SMILES string of the molecule is COC(=O)c1cccc(N2C(=O)[C@H]3[C@H](C2=O)[C@@]2(CO)C=C[C@@]3(C)O2)c1. The van der Waals surface area contributed by atoms with E-state index in [1.54, 1.807) is 37.3 Å². The first-order valence-corrected chi connectivity index (χ1v) is 7.94. The summed E-state index contributed by atoms with van der Waals surface area (Å²) in [4.78, 5) is 38.8. The van der Waals surface area contributed by atoms with Crippen LogP contribution in [0.4, 0.5) is 5.69 Å². The number of rotatable bonds is 3. The Kier molecular flexibility index (Phi) is 3.20. The van der Waals surface area contributed by atoms with Crippen LogP contribution in [0.25, 0.3) is 0 Å². The highest BCUT2D eigenvalue weighted by molar-refractivity contribution is 6.23. The first-order valence-electron chi connectivity index (χ1n) is 7.94. The number of carbonyl (C=O) groups is 3. The van der Waals surface area contributed by atoms with Crippen LogP contribution < -0.4 is 4.90 Å². The van der Waals surface area contributed by atoms with E-state index in [4.69, 9.17) is 4.74 Å². The van der Waals surface area contributed by atoms with Crippen molar-refractivity contribution >= 4 is 23.5 Å². The molecule has 0 aromatic heterocycles. The molecule has 2 bridgehead atoms. The number of ether oxygens (including phenoxy) is 2. The van der Waals surface area contributed by atoms with Crippen LogP contribution in [0.1, 0.15) is 17.3 Å². The molecular formula is C18H17NO6. The zero-order valence-electron chi connectivity index (χ0n) is 13.8. The van der Waals surface area contributed by atoms with Crippen molar-refractivity contribution in [2.75, 3.05) is 18.6 Å². The van der Waals surface area contributed by atoms with Crippen LogP contribution in [0.3, 0.4) is 0 Å². The fraction of sp³-hybridized carbons (Fsp3) is 0.389. The van der Waals surface area contributed by atoms with Crippen LogP contribution in [0.15, 0.2) is 36.4 Å². The van der Waals surface area contributed by atoms with Crippen molar-refractivity contribution in [3.63, 3.8) is 0 Å². The van der Waals surface area contributed by atoms with E-state index in [0.717, 1.165) is 4.90 Å². The van der Waals surface area contributed by atoms with Crippen molar-refractivity contribution in [2.24, 2.45) is 11.8 Å². The minimum absolute atomic E-state index is 0.248. The number of benzene rings is 1. The average Bonchev–Trinajstić information content (AvgIpc) is 3.20. The second-order valence-electron chi connectivity index (χ2n) is 6.74. The zero-order chi connectivity index (χ0) is 18.0. The van der Waals surface area contributed by atoms with Gasteiger partial charge in [-0.1, -0.05) is 18.2 Å². The Bertz CT molecular complexity index is 833. The lowest BCUT2D eigenvalue weighted by molar-refractivity contribution is -0.131. The van der Waals surface area contributed by atoms with Gasteiger partial charge < -0.3 is 14.6 Å². The fourth-order valence-corrected chi connectivity index (χ4v) is 4.19. The van der Waals surface area contributed by atoms with E-state index in [0.29, 0.717) is 5.69 Å². The van der Waals surface area contributed by atoms with Crippen LogP contribution in [-0.4, -0.2) is 47.8 Å². The molecule has 2 amide bonds. The molecule has 0 aliphatic carbocycles. The largest absolute Gasteiger partial charge is 0.465 e. The van der Waals surface area contributed by atoms with Gasteiger partial charge in [-0.25, -0.2) is 9.69 Å². The van der Waals surface area contributed by atoms with Gasteiger partial charge in [0.25, 0.3) is 0 Å². The smallest absolute Gasteiger partial charge is 0.337 e. The lowest BCUT2D eigenvalue weighted by atomic mass is 9.73. The van der Waals surface area contributed by atoms with Gasteiger partial charge in [-0.2, -0.15) is 0 Å². The molecule has 4 rings (SSSR count). The highest BCUT2D eigenvalue weighted by Crippen LogP contribution is 2.57. The lowest BCUT2D eigenvalue weighted by Crippen LogP contribution is -2.43. The van der Waals surface area contributed by atoms with Crippen molar-refractivity contribution < 1.29 is 29.0 Å². The first-order chi connectivity index (χ1) is 11.9.